The number of halogens is 1. The molecule has 1 aliphatic rings. The molecule has 5 heteroatoms. The molecule has 0 bridgehead atoms. The summed E-state index contributed by atoms with van der Waals surface area (Å²) in [7, 11) is 0. The highest BCUT2D eigenvalue weighted by atomic mass is 35.5. The van der Waals surface area contributed by atoms with Crippen LogP contribution in [0.5, 0.6) is 0 Å². The second-order valence-corrected chi connectivity index (χ2v) is 6.65. The Morgan fingerprint density at radius 2 is 1.80 bits per heavy atom. The molecule has 25 heavy (non-hydrogen) atoms. The third kappa shape index (κ3) is 4.40. The fourth-order valence-electron chi connectivity index (χ4n) is 3.00. The first-order valence-corrected chi connectivity index (χ1v) is 8.70. The van der Waals surface area contributed by atoms with Crippen molar-refractivity contribution >= 4 is 23.5 Å². The molecule has 0 fully saturated rings. The lowest BCUT2D eigenvalue weighted by Crippen LogP contribution is -2.42. The maximum atomic E-state index is 12.6. The molecule has 0 aliphatic carbocycles. The molecule has 130 valence electrons. The van der Waals surface area contributed by atoms with E-state index in [1.54, 1.807) is 36.1 Å². The van der Waals surface area contributed by atoms with Crippen LogP contribution in [-0.2, 0) is 33.7 Å². The van der Waals surface area contributed by atoms with E-state index in [2.05, 4.69) is 6.07 Å². The van der Waals surface area contributed by atoms with Gasteiger partial charge in [0.1, 0.15) is 0 Å². The average Bonchev–Trinajstić information content (AvgIpc) is 2.62. The maximum absolute atomic E-state index is 12.6. The van der Waals surface area contributed by atoms with Crippen LogP contribution < -0.4 is 0 Å². The van der Waals surface area contributed by atoms with E-state index in [-0.39, 0.29) is 12.3 Å². The van der Waals surface area contributed by atoms with Gasteiger partial charge in [-0.25, -0.2) is 0 Å². The largest absolute Gasteiger partial charge is 0.452 e. The number of hydrogen-bond donors (Lipinski definition) is 0. The zero-order valence-corrected chi connectivity index (χ0v) is 14.8. The van der Waals surface area contributed by atoms with E-state index in [0.29, 0.717) is 18.1 Å². The monoisotopic (exact) mass is 357 g/mol. The number of carbonyl (C=O) groups excluding carboxylic acids is 2. The Kier molecular flexibility index (Phi) is 5.39. The number of ether oxygens (including phenoxy) is 1. The first kappa shape index (κ1) is 17.5. The van der Waals surface area contributed by atoms with Crippen molar-refractivity contribution in [3.05, 3.63) is 70.2 Å². The summed E-state index contributed by atoms with van der Waals surface area (Å²) in [4.78, 5) is 26.4. The van der Waals surface area contributed by atoms with Crippen LogP contribution in [0.2, 0.25) is 5.02 Å². The number of hydrogen-bond acceptors (Lipinski definition) is 3. The van der Waals surface area contributed by atoms with Gasteiger partial charge in [0.05, 0.1) is 6.42 Å². The van der Waals surface area contributed by atoms with Crippen molar-refractivity contribution in [1.29, 1.82) is 0 Å². The van der Waals surface area contributed by atoms with E-state index in [1.807, 2.05) is 18.2 Å². The predicted molar refractivity (Wildman–Crippen MR) is 96.3 cm³/mol. The Bertz CT molecular complexity index is 773. The van der Waals surface area contributed by atoms with Gasteiger partial charge in [0.25, 0.3) is 5.91 Å². The van der Waals surface area contributed by atoms with Gasteiger partial charge >= 0.3 is 5.97 Å². The molecular formula is C20H20ClNO3. The van der Waals surface area contributed by atoms with Gasteiger partial charge in [-0.15, -0.1) is 0 Å². The summed E-state index contributed by atoms with van der Waals surface area (Å²) in [5.41, 5.74) is 3.24. The Labute approximate surface area is 152 Å². The molecule has 0 aromatic heterocycles. The average molecular weight is 358 g/mol. The summed E-state index contributed by atoms with van der Waals surface area (Å²) < 4.78 is 5.32. The topological polar surface area (TPSA) is 46.6 Å². The van der Waals surface area contributed by atoms with E-state index in [9.17, 15) is 9.59 Å². The second kappa shape index (κ2) is 7.70. The van der Waals surface area contributed by atoms with Gasteiger partial charge in [0, 0.05) is 18.1 Å². The Morgan fingerprint density at radius 3 is 2.52 bits per heavy atom. The number of fused-ring (bicyclic) bond motifs is 1. The van der Waals surface area contributed by atoms with Crippen LogP contribution in [0.25, 0.3) is 0 Å². The molecule has 1 aliphatic heterocycles. The van der Waals surface area contributed by atoms with Crippen LogP contribution in [0, 0.1) is 0 Å². The third-order valence-corrected chi connectivity index (χ3v) is 4.61. The van der Waals surface area contributed by atoms with E-state index >= 15 is 0 Å². The van der Waals surface area contributed by atoms with Crippen molar-refractivity contribution in [2.75, 3.05) is 6.54 Å². The quantitative estimate of drug-likeness (QED) is 0.788. The number of rotatable bonds is 4. The van der Waals surface area contributed by atoms with Gasteiger partial charge in [-0.05, 0) is 42.2 Å². The zero-order valence-electron chi connectivity index (χ0n) is 14.1. The molecule has 1 heterocycles. The van der Waals surface area contributed by atoms with Gasteiger partial charge < -0.3 is 9.64 Å². The summed E-state index contributed by atoms with van der Waals surface area (Å²) in [6, 6.07) is 15.1. The minimum atomic E-state index is -0.787. The maximum Gasteiger partial charge on any atom is 0.311 e. The molecule has 0 saturated heterocycles. The first-order valence-electron chi connectivity index (χ1n) is 8.32. The van der Waals surface area contributed by atoms with Gasteiger partial charge in [0.2, 0.25) is 0 Å². The van der Waals surface area contributed by atoms with Gasteiger partial charge in [-0.3, -0.25) is 9.59 Å². The summed E-state index contributed by atoms with van der Waals surface area (Å²) in [5, 5.41) is 0.617. The standard InChI is InChI=1S/C20H20ClNO3/c1-14(25-19(23)12-15-6-8-18(21)9-7-15)20(24)22-11-10-16-4-2-3-5-17(16)13-22/h2-9,14H,10-13H2,1H3. The minimum absolute atomic E-state index is 0.123. The number of amides is 1. The number of carbonyl (C=O) groups is 2. The molecule has 1 unspecified atom stereocenters. The van der Waals surface area contributed by atoms with Gasteiger partial charge in [-0.1, -0.05) is 48.0 Å². The number of benzene rings is 2. The van der Waals surface area contributed by atoms with E-state index in [4.69, 9.17) is 16.3 Å². The summed E-state index contributed by atoms with van der Waals surface area (Å²) >= 11 is 5.83. The fourth-order valence-corrected chi connectivity index (χ4v) is 3.13. The van der Waals surface area contributed by atoms with E-state index in [1.165, 1.54) is 5.56 Å². The smallest absolute Gasteiger partial charge is 0.311 e. The van der Waals surface area contributed by atoms with Crippen molar-refractivity contribution in [2.45, 2.75) is 32.4 Å². The SMILES string of the molecule is CC(OC(=O)Cc1ccc(Cl)cc1)C(=O)N1CCc2ccccc2C1. The molecule has 2 aromatic carbocycles. The molecule has 0 radical (unpaired) electrons. The Morgan fingerprint density at radius 1 is 1.12 bits per heavy atom. The van der Waals surface area contributed by atoms with Crippen LogP contribution in [0.3, 0.4) is 0 Å². The van der Waals surface area contributed by atoms with Crippen molar-refractivity contribution in [3.63, 3.8) is 0 Å². The second-order valence-electron chi connectivity index (χ2n) is 6.21. The normalized spacial score (nSPS) is 14.6. The van der Waals surface area contributed by atoms with Crippen LogP contribution in [0.15, 0.2) is 48.5 Å². The minimum Gasteiger partial charge on any atom is -0.452 e. The number of esters is 1. The molecule has 0 spiro atoms. The highest BCUT2D eigenvalue weighted by molar-refractivity contribution is 6.30. The van der Waals surface area contributed by atoms with E-state index in [0.717, 1.165) is 17.5 Å². The van der Waals surface area contributed by atoms with Crippen molar-refractivity contribution in [3.8, 4) is 0 Å². The molecular weight excluding hydrogens is 338 g/mol. The van der Waals surface area contributed by atoms with Gasteiger partial charge in [-0.2, -0.15) is 0 Å². The summed E-state index contributed by atoms with van der Waals surface area (Å²) in [6.45, 7) is 2.84. The van der Waals surface area contributed by atoms with E-state index < -0.39 is 12.1 Å². The Balaban J connectivity index is 1.56. The summed E-state index contributed by atoms with van der Waals surface area (Å²) in [6.07, 6.45) is 0.162. The van der Waals surface area contributed by atoms with Crippen LogP contribution >= 0.6 is 11.6 Å². The van der Waals surface area contributed by atoms with Gasteiger partial charge in [0.15, 0.2) is 6.10 Å². The lowest BCUT2D eigenvalue weighted by atomic mass is 9.99. The molecule has 1 atom stereocenters. The van der Waals surface area contributed by atoms with Crippen molar-refractivity contribution in [1.82, 2.24) is 4.90 Å². The zero-order chi connectivity index (χ0) is 17.8. The number of nitrogens with zero attached hydrogens (tertiary/aromatic N) is 1. The molecule has 0 saturated carbocycles. The predicted octanol–water partition coefficient (Wildman–Crippen LogP) is 3.40. The molecule has 1 amide bonds. The molecule has 0 N–H and O–H groups in total. The fraction of sp³-hybridized carbons (Fsp3) is 0.300. The third-order valence-electron chi connectivity index (χ3n) is 4.36. The van der Waals surface area contributed by atoms with Crippen molar-refractivity contribution < 1.29 is 14.3 Å². The molecule has 2 aromatic rings. The lowest BCUT2D eigenvalue weighted by molar-refractivity contribution is -0.159. The Hall–Kier alpha value is -2.33. The first-order chi connectivity index (χ1) is 12.0. The lowest BCUT2D eigenvalue weighted by Gasteiger charge is -2.30. The van der Waals surface area contributed by atoms with Crippen LogP contribution in [0.4, 0.5) is 0 Å². The highest BCUT2D eigenvalue weighted by Crippen LogP contribution is 2.19. The molecule has 3 rings (SSSR count). The molecule has 4 nitrogen and oxygen atoms in total. The highest BCUT2D eigenvalue weighted by Gasteiger charge is 2.26. The van der Waals surface area contributed by atoms with Crippen molar-refractivity contribution in [2.24, 2.45) is 0 Å². The van der Waals surface area contributed by atoms with Crippen LogP contribution in [0.1, 0.15) is 23.6 Å². The van der Waals surface area contributed by atoms with Crippen LogP contribution in [-0.4, -0.2) is 29.4 Å². The summed E-state index contributed by atoms with van der Waals surface area (Å²) in [5.74, 6) is -0.570.